The summed E-state index contributed by atoms with van der Waals surface area (Å²) in [5, 5.41) is 11.9. The molecule has 0 aromatic carbocycles. The number of hydrogen-bond acceptors (Lipinski definition) is 6. The summed E-state index contributed by atoms with van der Waals surface area (Å²) in [6, 6.07) is 3.69. The molecule has 9 heteroatoms. The van der Waals surface area contributed by atoms with Gasteiger partial charge in [-0.25, -0.2) is 4.68 Å². The van der Waals surface area contributed by atoms with Crippen LogP contribution >= 0.6 is 0 Å². The van der Waals surface area contributed by atoms with Crippen LogP contribution in [0.3, 0.4) is 0 Å². The molecule has 9 nitrogen and oxygen atoms in total. The topological polar surface area (TPSA) is 106 Å². The number of H-pyrrole nitrogens is 1. The first-order chi connectivity index (χ1) is 11.2. The van der Waals surface area contributed by atoms with Crippen molar-refractivity contribution in [2.75, 3.05) is 13.1 Å². The molecule has 1 aliphatic rings. The largest absolute Gasteiger partial charge is 0.357 e. The lowest BCUT2D eigenvalue weighted by Gasteiger charge is -2.15. The van der Waals surface area contributed by atoms with E-state index in [1.165, 1.54) is 0 Å². The van der Waals surface area contributed by atoms with E-state index in [0.717, 1.165) is 6.42 Å². The standard InChI is InChI=1S/C14H15N7O2/c1-9-16-13(23-18-9)12-8-21(19-17-12)10-4-6-20(7-10)14(22)11-3-2-5-15-11/h2-3,5,8,10,15H,4,6-7H2,1H3/t10-/m1/s1. The normalized spacial score (nSPS) is 17.8. The van der Waals surface area contributed by atoms with Crippen LogP contribution in [0.25, 0.3) is 11.6 Å². The minimum absolute atomic E-state index is 0.00497. The van der Waals surface area contributed by atoms with Crippen molar-refractivity contribution in [1.29, 1.82) is 0 Å². The molecule has 1 saturated heterocycles. The van der Waals surface area contributed by atoms with Crippen LogP contribution in [0.4, 0.5) is 0 Å². The molecule has 118 valence electrons. The van der Waals surface area contributed by atoms with Crippen LogP contribution in [-0.4, -0.2) is 54.0 Å². The van der Waals surface area contributed by atoms with Gasteiger partial charge in [-0.15, -0.1) is 5.10 Å². The number of aromatic nitrogens is 6. The molecule has 0 aliphatic carbocycles. The van der Waals surface area contributed by atoms with Crippen LogP contribution in [0.15, 0.2) is 29.0 Å². The Balaban J connectivity index is 1.48. The van der Waals surface area contributed by atoms with Crippen molar-refractivity contribution in [2.24, 2.45) is 0 Å². The number of aryl methyl sites for hydroxylation is 1. The molecule has 3 aromatic heterocycles. The van der Waals surface area contributed by atoms with E-state index in [2.05, 4.69) is 25.4 Å². The highest BCUT2D eigenvalue weighted by Crippen LogP contribution is 2.24. The van der Waals surface area contributed by atoms with Crippen molar-refractivity contribution in [3.05, 3.63) is 36.0 Å². The summed E-state index contributed by atoms with van der Waals surface area (Å²) in [7, 11) is 0. The first-order valence-electron chi connectivity index (χ1n) is 7.36. The zero-order valence-corrected chi connectivity index (χ0v) is 12.5. The van der Waals surface area contributed by atoms with Crippen molar-refractivity contribution < 1.29 is 9.32 Å². The molecule has 0 saturated carbocycles. The van der Waals surface area contributed by atoms with E-state index in [1.807, 2.05) is 11.0 Å². The minimum Gasteiger partial charge on any atom is -0.357 e. The average Bonchev–Trinajstić information content (AvgIpc) is 3.31. The Bertz CT molecular complexity index is 820. The number of likely N-dealkylation sites (tertiary alicyclic amines) is 1. The molecule has 4 heterocycles. The number of nitrogens with zero attached hydrogens (tertiary/aromatic N) is 6. The van der Waals surface area contributed by atoms with E-state index < -0.39 is 0 Å². The van der Waals surface area contributed by atoms with Gasteiger partial charge in [0.1, 0.15) is 5.69 Å². The summed E-state index contributed by atoms with van der Waals surface area (Å²) in [5.41, 5.74) is 1.14. The predicted octanol–water partition coefficient (Wildman–Crippen LogP) is 1.05. The molecule has 0 unspecified atom stereocenters. The molecule has 1 N–H and O–H groups in total. The third-order valence-corrected chi connectivity index (χ3v) is 3.91. The second-order valence-corrected chi connectivity index (χ2v) is 5.51. The fraction of sp³-hybridized carbons (Fsp3) is 0.357. The zero-order valence-electron chi connectivity index (χ0n) is 12.5. The summed E-state index contributed by atoms with van der Waals surface area (Å²) < 4.78 is 6.85. The van der Waals surface area contributed by atoms with Crippen LogP contribution in [0.1, 0.15) is 28.8 Å². The third-order valence-electron chi connectivity index (χ3n) is 3.91. The van der Waals surface area contributed by atoms with Gasteiger partial charge in [-0.2, -0.15) is 4.98 Å². The first-order valence-corrected chi connectivity index (χ1v) is 7.36. The molecule has 1 aliphatic heterocycles. The molecule has 0 bridgehead atoms. The first kappa shape index (κ1) is 13.7. The minimum atomic E-state index is 0.00497. The van der Waals surface area contributed by atoms with Crippen molar-refractivity contribution in [1.82, 2.24) is 35.0 Å². The molecule has 1 fully saturated rings. The SMILES string of the molecule is Cc1noc(-c2cn([C@@H]3CCN(C(=O)c4ccc[nH]4)C3)nn2)n1. The second kappa shape index (κ2) is 5.34. The van der Waals surface area contributed by atoms with Gasteiger partial charge in [-0.3, -0.25) is 4.79 Å². The molecule has 0 radical (unpaired) electrons. The lowest BCUT2D eigenvalue weighted by Crippen LogP contribution is -2.29. The Kier molecular flexibility index (Phi) is 3.18. The van der Waals surface area contributed by atoms with Crippen LogP contribution in [0, 0.1) is 6.92 Å². The zero-order chi connectivity index (χ0) is 15.8. The number of aromatic amines is 1. The van der Waals surface area contributed by atoms with Gasteiger partial charge in [0.2, 0.25) is 0 Å². The molecule has 1 atom stereocenters. The Morgan fingerprint density at radius 2 is 2.39 bits per heavy atom. The molecule has 4 rings (SSSR count). The Hall–Kier alpha value is -2.97. The van der Waals surface area contributed by atoms with Crippen LogP contribution in [0.5, 0.6) is 0 Å². The number of nitrogens with one attached hydrogen (secondary N) is 1. The summed E-state index contributed by atoms with van der Waals surface area (Å²) >= 11 is 0. The summed E-state index contributed by atoms with van der Waals surface area (Å²) in [6.45, 7) is 3.04. The number of amides is 1. The summed E-state index contributed by atoms with van der Waals surface area (Å²) in [6.07, 6.45) is 4.36. The van der Waals surface area contributed by atoms with Gasteiger partial charge < -0.3 is 14.4 Å². The lowest BCUT2D eigenvalue weighted by molar-refractivity contribution is 0.0782. The van der Waals surface area contributed by atoms with Crippen LogP contribution in [0.2, 0.25) is 0 Å². The Morgan fingerprint density at radius 3 is 3.13 bits per heavy atom. The summed E-state index contributed by atoms with van der Waals surface area (Å²) in [4.78, 5) is 21.2. The highest BCUT2D eigenvalue weighted by Gasteiger charge is 2.29. The van der Waals surface area contributed by atoms with Gasteiger partial charge in [0, 0.05) is 19.3 Å². The van der Waals surface area contributed by atoms with Gasteiger partial charge in [0.25, 0.3) is 11.8 Å². The smallest absolute Gasteiger partial charge is 0.280 e. The number of carbonyl (C=O) groups is 1. The molecule has 3 aromatic rings. The predicted molar refractivity (Wildman–Crippen MR) is 78.4 cm³/mol. The third kappa shape index (κ3) is 2.50. The van der Waals surface area contributed by atoms with Gasteiger partial charge in [-0.05, 0) is 25.5 Å². The molecule has 0 spiro atoms. The molecular weight excluding hydrogens is 298 g/mol. The highest BCUT2D eigenvalue weighted by molar-refractivity contribution is 5.92. The number of hydrogen-bond donors (Lipinski definition) is 1. The van der Waals surface area contributed by atoms with Gasteiger partial charge >= 0.3 is 0 Å². The van der Waals surface area contributed by atoms with E-state index in [9.17, 15) is 4.79 Å². The van der Waals surface area contributed by atoms with E-state index in [-0.39, 0.29) is 11.9 Å². The van der Waals surface area contributed by atoms with E-state index in [0.29, 0.717) is 36.2 Å². The monoisotopic (exact) mass is 313 g/mol. The second-order valence-electron chi connectivity index (χ2n) is 5.51. The van der Waals surface area contributed by atoms with E-state index >= 15 is 0 Å². The van der Waals surface area contributed by atoms with Crippen LogP contribution in [-0.2, 0) is 0 Å². The Morgan fingerprint density at radius 1 is 1.48 bits per heavy atom. The molecule has 23 heavy (non-hydrogen) atoms. The quantitative estimate of drug-likeness (QED) is 0.774. The average molecular weight is 313 g/mol. The van der Waals surface area contributed by atoms with Crippen molar-refractivity contribution >= 4 is 5.91 Å². The van der Waals surface area contributed by atoms with Gasteiger partial charge in [0.15, 0.2) is 11.5 Å². The fourth-order valence-electron chi connectivity index (χ4n) is 2.73. The molecular formula is C14H15N7O2. The maximum Gasteiger partial charge on any atom is 0.280 e. The van der Waals surface area contributed by atoms with Crippen molar-refractivity contribution in [2.45, 2.75) is 19.4 Å². The summed E-state index contributed by atoms with van der Waals surface area (Å²) in [5.74, 6) is 0.912. The lowest BCUT2D eigenvalue weighted by atomic mass is 10.3. The van der Waals surface area contributed by atoms with E-state index in [1.54, 1.807) is 30.1 Å². The molecule has 1 amide bonds. The van der Waals surface area contributed by atoms with Crippen molar-refractivity contribution in [3.8, 4) is 11.6 Å². The maximum atomic E-state index is 12.3. The van der Waals surface area contributed by atoms with Gasteiger partial charge in [-0.1, -0.05) is 10.4 Å². The fourth-order valence-corrected chi connectivity index (χ4v) is 2.73. The van der Waals surface area contributed by atoms with Gasteiger partial charge in [0.05, 0.1) is 12.2 Å². The van der Waals surface area contributed by atoms with E-state index in [4.69, 9.17) is 4.52 Å². The Labute approximate surface area is 131 Å². The maximum absolute atomic E-state index is 12.3. The number of carbonyl (C=O) groups excluding carboxylic acids is 1. The van der Waals surface area contributed by atoms with Crippen LogP contribution < -0.4 is 0 Å². The van der Waals surface area contributed by atoms with Crippen molar-refractivity contribution in [3.63, 3.8) is 0 Å². The number of rotatable bonds is 3. The highest BCUT2D eigenvalue weighted by atomic mass is 16.5.